The van der Waals surface area contributed by atoms with Gasteiger partial charge in [-0.05, 0) is 86.8 Å². The molecule has 1 saturated carbocycles. The number of benzene rings is 1. The first-order chi connectivity index (χ1) is 18.6. The van der Waals surface area contributed by atoms with Crippen molar-refractivity contribution < 1.29 is 24.5 Å². The number of nitrogens with zero attached hydrogens (tertiary/aromatic N) is 2. The van der Waals surface area contributed by atoms with Crippen LogP contribution in [0.5, 0.6) is 0 Å². The highest BCUT2D eigenvalue weighted by molar-refractivity contribution is 5.95. The van der Waals surface area contributed by atoms with E-state index in [0.29, 0.717) is 30.7 Å². The number of aliphatic hydroxyl groups is 2. The fraction of sp³-hybridized carbons (Fsp3) is 0.467. The summed E-state index contributed by atoms with van der Waals surface area (Å²) in [5.41, 5.74) is 4.26. The molecule has 0 bridgehead atoms. The van der Waals surface area contributed by atoms with Gasteiger partial charge in [-0.2, -0.15) is 0 Å². The lowest BCUT2D eigenvalue weighted by Crippen LogP contribution is -2.52. The van der Waals surface area contributed by atoms with Crippen molar-refractivity contribution in [2.75, 3.05) is 0 Å². The van der Waals surface area contributed by atoms with Gasteiger partial charge in [0.15, 0.2) is 5.60 Å². The number of carbonyl (C=O) groups excluding carboxylic acids is 2. The third kappa shape index (κ3) is 3.14. The maximum absolute atomic E-state index is 13.7. The largest absolute Gasteiger partial charge is 0.458 e. The van der Waals surface area contributed by atoms with Crippen LogP contribution in [0.1, 0.15) is 84.0 Å². The van der Waals surface area contributed by atoms with Gasteiger partial charge in [0, 0.05) is 16.5 Å². The molecule has 2 atom stereocenters. The molecule has 0 saturated heterocycles. The Kier molecular flexibility index (Phi) is 5.01. The number of aryl methyl sites for hydroxylation is 2. The normalized spacial score (nSPS) is 23.9. The van der Waals surface area contributed by atoms with Crippen LogP contribution in [-0.2, 0) is 39.5 Å². The van der Waals surface area contributed by atoms with Crippen molar-refractivity contribution in [3.05, 3.63) is 61.4 Å². The molecule has 9 nitrogen and oxygen atoms in total. The molecule has 0 spiro atoms. The second kappa shape index (κ2) is 7.99. The monoisotopic (exact) mass is 529 g/mol. The summed E-state index contributed by atoms with van der Waals surface area (Å²) in [7, 11) is 0. The zero-order chi connectivity index (χ0) is 27.4. The first-order valence-electron chi connectivity index (χ1n) is 13.7. The second-order valence-corrected chi connectivity index (χ2v) is 11.6. The van der Waals surface area contributed by atoms with Gasteiger partial charge < -0.3 is 24.8 Å². The van der Waals surface area contributed by atoms with E-state index in [1.54, 1.807) is 17.6 Å². The van der Waals surface area contributed by atoms with Crippen LogP contribution in [0.3, 0.4) is 0 Å². The number of hydrogen-bond donors (Lipinski definition) is 3. The number of cyclic esters (lactones) is 1. The molecule has 2 aliphatic heterocycles. The predicted octanol–water partition coefficient (Wildman–Crippen LogP) is 2.71. The van der Waals surface area contributed by atoms with Gasteiger partial charge in [-0.1, -0.05) is 6.92 Å². The van der Waals surface area contributed by atoms with E-state index in [4.69, 9.17) is 9.72 Å². The standard InChI is InChI=1S/C30H31N3O6/c1-4-30(38)19-11-22-25-17(12-33(22)26(34)18(19)13-39-28(30)36)24-20(32-27(35)29(37)8-5-9-29)7-6-16-15(3)14(2)10-21(31-25)23(16)24/h10-11,20,37-38H,4-9,12-13H2,1-3H3,(H,32,35)/t20-,30+/m1/s1. The van der Waals surface area contributed by atoms with Crippen LogP contribution in [0.15, 0.2) is 16.9 Å². The summed E-state index contributed by atoms with van der Waals surface area (Å²) in [6.07, 6.45) is 3.25. The minimum Gasteiger partial charge on any atom is -0.458 e. The molecule has 1 amide bonds. The van der Waals surface area contributed by atoms with Gasteiger partial charge in [-0.3, -0.25) is 9.59 Å². The number of pyridine rings is 2. The molecule has 1 fully saturated rings. The number of esters is 1. The third-order valence-corrected chi connectivity index (χ3v) is 9.61. The molecule has 2 aliphatic carbocycles. The Hall–Kier alpha value is -3.56. The van der Waals surface area contributed by atoms with Crippen LogP contribution >= 0.6 is 0 Å². The number of carbonyl (C=O) groups is 2. The van der Waals surface area contributed by atoms with E-state index in [2.05, 4.69) is 19.2 Å². The summed E-state index contributed by atoms with van der Waals surface area (Å²) < 4.78 is 6.84. The van der Waals surface area contributed by atoms with Crippen LogP contribution < -0.4 is 10.9 Å². The van der Waals surface area contributed by atoms with Crippen LogP contribution in [0.4, 0.5) is 0 Å². The van der Waals surface area contributed by atoms with Crippen molar-refractivity contribution >= 4 is 22.8 Å². The van der Waals surface area contributed by atoms with Gasteiger partial charge in [0.05, 0.1) is 35.1 Å². The summed E-state index contributed by atoms with van der Waals surface area (Å²) in [6.45, 7) is 5.92. The minimum absolute atomic E-state index is 0.0732. The van der Waals surface area contributed by atoms with Gasteiger partial charge in [0.1, 0.15) is 12.2 Å². The molecule has 1 aromatic carbocycles. The summed E-state index contributed by atoms with van der Waals surface area (Å²) in [5, 5.41) is 26.1. The number of amides is 1. The molecule has 4 aliphatic rings. The SMILES string of the molecule is CC[C@@]1(O)C(=O)OCc2c1cc1n(c2=O)Cc2c-1nc1cc(C)c(C)c3c1c2[C@H](NC(=O)C1(O)CCC1)CC3. The van der Waals surface area contributed by atoms with E-state index < -0.39 is 17.2 Å². The fourth-order valence-electron chi connectivity index (χ4n) is 6.91. The highest BCUT2D eigenvalue weighted by atomic mass is 16.6. The predicted molar refractivity (Wildman–Crippen MR) is 142 cm³/mol. The zero-order valence-corrected chi connectivity index (χ0v) is 22.3. The van der Waals surface area contributed by atoms with Crippen LogP contribution in [0, 0.1) is 13.8 Å². The molecule has 4 heterocycles. The van der Waals surface area contributed by atoms with Crippen LogP contribution in [0.25, 0.3) is 22.3 Å². The van der Waals surface area contributed by atoms with Gasteiger partial charge >= 0.3 is 5.97 Å². The highest BCUT2D eigenvalue weighted by Crippen LogP contribution is 2.46. The Labute approximate surface area is 224 Å². The first-order valence-corrected chi connectivity index (χ1v) is 13.7. The van der Waals surface area contributed by atoms with Gasteiger partial charge in [0.2, 0.25) is 0 Å². The molecule has 0 unspecified atom stereocenters. The summed E-state index contributed by atoms with van der Waals surface area (Å²) in [4.78, 5) is 44.5. The topological polar surface area (TPSA) is 131 Å². The molecule has 39 heavy (non-hydrogen) atoms. The Morgan fingerprint density at radius 3 is 2.64 bits per heavy atom. The average molecular weight is 530 g/mol. The number of aromatic nitrogens is 2. The fourth-order valence-corrected chi connectivity index (χ4v) is 6.91. The lowest BCUT2D eigenvalue weighted by molar-refractivity contribution is -0.172. The zero-order valence-electron chi connectivity index (χ0n) is 22.3. The summed E-state index contributed by atoms with van der Waals surface area (Å²) >= 11 is 0. The molecular weight excluding hydrogens is 498 g/mol. The molecule has 0 radical (unpaired) electrons. The molecule has 9 heteroatoms. The highest BCUT2D eigenvalue weighted by Gasteiger charge is 2.47. The number of nitrogens with one attached hydrogen (secondary N) is 1. The minimum atomic E-state index is -1.90. The smallest absolute Gasteiger partial charge is 0.343 e. The Morgan fingerprint density at radius 1 is 1.18 bits per heavy atom. The average Bonchev–Trinajstić information content (AvgIpc) is 3.27. The third-order valence-electron chi connectivity index (χ3n) is 9.61. The Balaban J connectivity index is 1.47. The lowest BCUT2D eigenvalue weighted by Gasteiger charge is -2.37. The number of ether oxygens (including phenoxy) is 1. The van der Waals surface area contributed by atoms with E-state index >= 15 is 0 Å². The molecule has 3 aromatic rings. The van der Waals surface area contributed by atoms with E-state index in [1.807, 2.05) is 6.07 Å². The van der Waals surface area contributed by atoms with E-state index in [9.17, 15) is 24.6 Å². The van der Waals surface area contributed by atoms with Crippen molar-refractivity contribution in [1.29, 1.82) is 0 Å². The van der Waals surface area contributed by atoms with Crippen molar-refractivity contribution in [3.63, 3.8) is 0 Å². The van der Waals surface area contributed by atoms with Gasteiger partial charge in [-0.15, -0.1) is 0 Å². The van der Waals surface area contributed by atoms with Crippen molar-refractivity contribution in [1.82, 2.24) is 14.9 Å². The Morgan fingerprint density at radius 2 is 1.95 bits per heavy atom. The van der Waals surface area contributed by atoms with Crippen molar-refractivity contribution in [2.24, 2.45) is 0 Å². The summed E-state index contributed by atoms with van der Waals surface area (Å²) in [5.74, 6) is -1.11. The first kappa shape index (κ1) is 24.5. The maximum atomic E-state index is 13.7. The second-order valence-electron chi connectivity index (χ2n) is 11.6. The lowest BCUT2D eigenvalue weighted by atomic mass is 9.77. The molecule has 3 N–H and O–H groups in total. The van der Waals surface area contributed by atoms with E-state index in [-0.39, 0.29) is 48.2 Å². The quantitative estimate of drug-likeness (QED) is 0.348. The number of hydrogen-bond acceptors (Lipinski definition) is 7. The van der Waals surface area contributed by atoms with Gasteiger partial charge in [0.25, 0.3) is 11.5 Å². The maximum Gasteiger partial charge on any atom is 0.343 e. The number of fused-ring (bicyclic) bond motifs is 5. The Bertz CT molecular complexity index is 1700. The molecule has 2 aromatic heterocycles. The molecule has 202 valence electrons. The van der Waals surface area contributed by atoms with Crippen molar-refractivity contribution in [2.45, 2.75) is 89.7 Å². The molecular formula is C30H31N3O6. The molecule has 7 rings (SSSR count). The van der Waals surface area contributed by atoms with Crippen LogP contribution in [0.2, 0.25) is 0 Å². The number of rotatable bonds is 3. The van der Waals surface area contributed by atoms with Crippen LogP contribution in [-0.4, -0.2) is 37.2 Å². The van der Waals surface area contributed by atoms with Gasteiger partial charge in [-0.25, -0.2) is 9.78 Å². The van der Waals surface area contributed by atoms with E-state index in [0.717, 1.165) is 40.4 Å². The van der Waals surface area contributed by atoms with Crippen molar-refractivity contribution in [3.8, 4) is 11.4 Å². The summed E-state index contributed by atoms with van der Waals surface area (Å²) in [6, 6.07) is 3.42. The van der Waals surface area contributed by atoms with E-state index in [1.165, 1.54) is 11.1 Å².